The van der Waals surface area contributed by atoms with Crippen LogP contribution in [0.3, 0.4) is 0 Å². The summed E-state index contributed by atoms with van der Waals surface area (Å²) in [6.45, 7) is 0.319. The molecule has 0 radical (unpaired) electrons. The fraction of sp³-hybridized carbons (Fsp3) is 0.0370. The third-order valence-electron chi connectivity index (χ3n) is 4.92. The van der Waals surface area contributed by atoms with Crippen molar-refractivity contribution >= 4 is 40.0 Å². The largest absolute Gasteiger partial charge is 0.489 e. The van der Waals surface area contributed by atoms with Crippen molar-refractivity contribution in [1.29, 1.82) is 5.26 Å². The first-order valence-corrected chi connectivity index (χ1v) is 10.4. The van der Waals surface area contributed by atoms with Crippen LogP contribution in [-0.2, 0) is 11.4 Å². The summed E-state index contributed by atoms with van der Waals surface area (Å²) in [6, 6.07) is 30.1. The highest BCUT2D eigenvalue weighted by molar-refractivity contribution is 6.31. The maximum Gasteiger partial charge on any atom is 0.266 e. The van der Waals surface area contributed by atoms with Crippen LogP contribution in [0.2, 0.25) is 5.02 Å². The summed E-state index contributed by atoms with van der Waals surface area (Å²) in [5.74, 6) is 0.150. The first-order chi connectivity index (χ1) is 15.6. The Hall–Kier alpha value is -4.07. The first kappa shape index (κ1) is 21.2. The predicted molar refractivity (Wildman–Crippen MR) is 128 cm³/mol. The highest BCUT2D eigenvalue weighted by atomic mass is 35.5. The molecular formula is C27H19ClN2O2. The number of amides is 1. The molecule has 0 heterocycles. The number of fused-ring (bicyclic) bond motifs is 1. The molecule has 0 aliphatic heterocycles. The van der Waals surface area contributed by atoms with E-state index >= 15 is 0 Å². The molecule has 0 aliphatic rings. The van der Waals surface area contributed by atoms with E-state index in [0.717, 1.165) is 16.3 Å². The number of nitrogens with zero attached hydrogens (tertiary/aromatic N) is 1. The van der Waals surface area contributed by atoms with Crippen LogP contribution < -0.4 is 10.1 Å². The molecule has 4 nitrogen and oxygen atoms in total. The maximum atomic E-state index is 12.8. The number of carbonyl (C=O) groups excluding carboxylic acids is 1. The van der Waals surface area contributed by atoms with Crippen LogP contribution in [0.4, 0.5) is 5.69 Å². The van der Waals surface area contributed by atoms with Crippen LogP contribution >= 0.6 is 11.6 Å². The molecule has 0 atom stereocenters. The first-order valence-electron chi connectivity index (χ1n) is 10.0. The lowest BCUT2D eigenvalue weighted by atomic mass is 10.1. The van der Waals surface area contributed by atoms with E-state index in [1.54, 1.807) is 12.1 Å². The molecule has 4 aromatic rings. The Balaban J connectivity index is 1.51. The number of nitrogens with one attached hydrogen (secondary N) is 1. The van der Waals surface area contributed by atoms with Crippen LogP contribution in [0.25, 0.3) is 16.8 Å². The molecule has 0 saturated heterocycles. The minimum Gasteiger partial charge on any atom is -0.489 e. The number of hydrogen-bond donors (Lipinski definition) is 1. The number of rotatable bonds is 6. The van der Waals surface area contributed by atoms with Crippen molar-refractivity contribution in [1.82, 2.24) is 0 Å². The van der Waals surface area contributed by atoms with Gasteiger partial charge in [0.1, 0.15) is 24.0 Å². The molecule has 4 aromatic carbocycles. The Kier molecular flexibility index (Phi) is 6.50. The Bertz CT molecular complexity index is 1350. The minimum absolute atomic E-state index is 0.00110. The molecule has 0 aliphatic carbocycles. The van der Waals surface area contributed by atoms with E-state index in [9.17, 15) is 10.1 Å². The normalized spacial score (nSPS) is 11.1. The standard InChI is InChI=1S/C27H19ClN2O2/c28-25-13-4-2-9-21(25)18-32-23-11-5-7-19(16-23)15-22(17-29)27(31)30-26-14-6-10-20-8-1-3-12-24(20)26/h1-16H,18H2,(H,30,31)/b22-15+. The molecule has 5 heteroatoms. The molecular weight excluding hydrogens is 420 g/mol. The molecule has 1 amide bonds. The molecule has 0 aromatic heterocycles. The molecule has 0 spiro atoms. The Morgan fingerprint density at radius 2 is 1.72 bits per heavy atom. The summed E-state index contributed by atoms with van der Waals surface area (Å²) in [4.78, 5) is 12.8. The van der Waals surface area contributed by atoms with Crippen molar-refractivity contribution in [3.05, 3.63) is 113 Å². The summed E-state index contributed by atoms with van der Waals surface area (Å²) in [7, 11) is 0. The molecule has 32 heavy (non-hydrogen) atoms. The van der Waals surface area contributed by atoms with Gasteiger partial charge in [0.05, 0.1) is 0 Å². The highest BCUT2D eigenvalue weighted by Crippen LogP contribution is 2.24. The Labute approximate surface area is 191 Å². The quantitative estimate of drug-likeness (QED) is 0.272. The summed E-state index contributed by atoms with van der Waals surface area (Å²) in [6.07, 6.45) is 1.54. The summed E-state index contributed by atoms with van der Waals surface area (Å²) in [5, 5.41) is 15.0. The summed E-state index contributed by atoms with van der Waals surface area (Å²) < 4.78 is 5.84. The van der Waals surface area contributed by atoms with Gasteiger partial charge >= 0.3 is 0 Å². The van der Waals surface area contributed by atoms with Gasteiger partial charge in [-0.2, -0.15) is 5.26 Å². The molecule has 1 N–H and O–H groups in total. The monoisotopic (exact) mass is 438 g/mol. The van der Waals surface area contributed by atoms with E-state index in [2.05, 4.69) is 5.32 Å². The van der Waals surface area contributed by atoms with Crippen LogP contribution in [0.5, 0.6) is 5.75 Å². The van der Waals surface area contributed by atoms with Crippen LogP contribution in [0, 0.1) is 11.3 Å². The number of halogens is 1. The average molecular weight is 439 g/mol. The minimum atomic E-state index is -0.466. The van der Waals surface area contributed by atoms with Gasteiger partial charge < -0.3 is 10.1 Å². The van der Waals surface area contributed by atoms with E-state index in [1.807, 2.05) is 91.0 Å². The number of ether oxygens (including phenoxy) is 1. The predicted octanol–water partition coefficient (Wildman–Crippen LogP) is 6.62. The van der Waals surface area contributed by atoms with Gasteiger partial charge in [0.15, 0.2) is 0 Å². The number of nitriles is 1. The molecule has 156 valence electrons. The van der Waals surface area contributed by atoms with E-state index in [1.165, 1.54) is 0 Å². The van der Waals surface area contributed by atoms with E-state index in [4.69, 9.17) is 16.3 Å². The summed E-state index contributed by atoms with van der Waals surface area (Å²) >= 11 is 6.18. The lowest BCUT2D eigenvalue weighted by molar-refractivity contribution is -0.112. The van der Waals surface area contributed by atoms with Crippen molar-refractivity contribution in [2.75, 3.05) is 5.32 Å². The van der Waals surface area contributed by atoms with Crippen molar-refractivity contribution in [2.45, 2.75) is 6.61 Å². The lowest BCUT2D eigenvalue weighted by Gasteiger charge is -2.09. The van der Waals surface area contributed by atoms with Gasteiger partial charge in [0.25, 0.3) is 5.91 Å². The van der Waals surface area contributed by atoms with E-state index < -0.39 is 5.91 Å². The van der Waals surface area contributed by atoms with Crippen LogP contribution in [-0.4, -0.2) is 5.91 Å². The molecule has 0 saturated carbocycles. The van der Waals surface area contributed by atoms with E-state index in [0.29, 0.717) is 28.6 Å². The SMILES string of the molecule is N#C/C(=C\c1cccc(OCc2ccccc2Cl)c1)C(=O)Nc1cccc2ccccc12. The van der Waals surface area contributed by atoms with Gasteiger partial charge in [-0.15, -0.1) is 0 Å². The van der Waals surface area contributed by atoms with Crippen LogP contribution in [0.15, 0.2) is 96.6 Å². The van der Waals surface area contributed by atoms with Crippen molar-refractivity contribution in [2.24, 2.45) is 0 Å². The van der Waals surface area contributed by atoms with Gasteiger partial charge in [-0.3, -0.25) is 4.79 Å². The number of carbonyl (C=O) groups is 1. The van der Waals surface area contributed by atoms with Crippen molar-refractivity contribution < 1.29 is 9.53 Å². The van der Waals surface area contributed by atoms with Crippen LogP contribution in [0.1, 0.15) is 11.1 Å². The average Bonchev–Trinajstić information content (AvgIpc) is 2.82. The third-order valence-corrected chi connectivity index (χ3v) is 5.29. The maximum absolute atomic E-state index is 12.8. The Morgan fingerprint density at radius 3 is 2.56 bits per heavy atom. The van der Waals surface area contributed by atoms with E-state index in [-0.39, 0.29) is 5.57 Å². The smallest absolute Gasteiger partial charge is 0.266 e. The van der Waals surface area contributed by atoms with Gasteiger partial charge in [-0.1, -0.05) is 78.3 Å². The second kappa shape index (κ2) is 9.82. The number of anilines is 1. The van der Waals surface area contributed by atoms with Gasteiger partial charge in [-0.25, -0.2) is 0 Å². The van der Waals surface area contributed by atoms with Gasteiger partial charge in [0.2, 0.25) is 0 Å². The number of benzene rings is 4. The second-order valence-electron chi connectivity index (χ2n) is 7.10. The van der Waals surface area contributed by atoms with Crippen molar-refractivity contribution in [3.63, 3.8) is 0 Å². The molecule has 0 unspecified atom stereocenters. The summed E-state index contributed by atoms with van der Waals surface area (Å²) in [5.41, 5.74) is 2.22. The molecule has 0 bridgehead atoms. The highest BCUT2D eigenvalue weighted by Gasteiger charge is 2.11. The fourth-order valence-electron chi connectivity index (χ4n) is 3.31. The Morgan fingerprint density at radius 1 is 0.969 bits per heavy atom. The molecule has 4 rings (SSSR count). The van der Waals surface area contributed by atoms with Gasteiger partial charge in [-0.05, 0) is 41.3 Å². The fourth-order valence-corrected chi connectivity index (χ4v) is 3.50. The van der Waals surface area contributed by atoms with Gasteiger partial charge in [0, 0.05) is 21.7 Å². The lowest BCUT2D eigenvalue weighted by Crippen LogP contribution is -2.13. The zero-order valence-electron chi connectivity index (χ0n) is 17.1. The second-order valence-corrected chi connectivity index (χ2v) is 7.51. The molecule has 0 fully saturated rings. The third kappa shape index (κ3) is 4.97. The zero-order valence-corrected chi connectivity index (χ0v) is 17.8. The van der Waals surface area contributed by atoms with Crippen molar-refractivity contribution in [3.8, 4) is 11.8 Å². The zero-order chi connectivity index (χ0) is 22.3. The topological polar surface area (TPSA) is 62.1 Å². The number of hydrogen-bond acceptors (Lipinski definition) is 3.